The molecule has 0 fully saturated rings. The lowest BCUT2D eigenvalue weighted by molar-refractivity contribution is 0.0268. The fourth-order valence-corrected chi connectivity index (χ4v) is 1.48. The molecule has 0 aliphatic rings. The Bertz CT molecular complexity index is 464. The van der Waals surface area contributed by atoms with Crippen LogP contribution in [0.5, 0.6) is 5.75 Å². The standard InChI is InChI=1S/C15H24FN3O2/c1-15(2,20-4)11-19-14(17-3)18-8-9-21-13-7-5-6-12(16)10-13/h5-7,10H,8-9,11H2,1-4H3,(H2,17,18,19). The SMILES string of the molecule is CN=C(NCCOc1cccc(F)c1)NCC(C)(C)OC. The summed E-state index contributed by atoms with van der Waals surface area (Å²) in [7, 11) is 3.37. The number of nitrogens with zero attached hydrogens (tertiary/aromatic N) is 1. The second-order valence-corrected chi connectivity index (χ2v) is 5.12. The Labute approximate surface area is 125 Å². The Morgan fingerprint density at radius 2 is 2.10 bits per heavy atom. The molecule has 1 aromatic rings. The number of nitrogens with one attached hydrogen (secondary N) is 2. The summed E-state index contributed by atoms with van der Waals surface area (Å²) >= 11 is 0. The number of aliphatic imine (C=N–C) groups is 1. The third-order valence-electron chi connectivity index (χ3n) is 2.92. The van der Waals surface area contributed by atoms with E-state index in [0.717, 1.165) is 0 Å². The minimum atomic E-state index is -0.306. The van der Waals surface area contributed by atoms with Crippen molar-refractivity contribution in [3.8, 4) is 5.75 Å². The van der Waals surface area contributed by atoms with Gasteiger partial charge in [0, 0.05) is 26.8 Å². The molecular weight excluding hydrogens is 273 g/mol. The van der Waals surface area contributed by atoms with Gasteiger partial charge in [0.05, 0.1) is 12.1 Å². The summed E-state index contributed by atoms with van der Waals surface area (Å²) < 4.78 is 23.7. The number of guanidine groups is 1. The zero-order valence-corrected chi connectivity index (χ0v) is 13.1. The average Bonchev–Trinajstić information content (AvgIpc) is 2.46. The van der Waals surface area contributed by atoms with Crippen LogP contribution in [-0.2, 0) is 4.74 Å². The van der Waals surface area contributed by atoms with E-state index in [0.29, 0.717) is 31.4 Å². The van der Waals surface area contributed by atoms with Gasteiger partial charge in [-0.25, -0.2) is 4.39 Å². The first-order valence-corrected chi connectivity index (χ1v) is 6.85. The third kappa shape index (κ3) is 6.94. The van der Waals surface area contributed by atoms with Crippen LogP contribution >= 0.6 is 0 Å². The Morgan fingerprint density at radius 1 is 1.33 bits per heavy atom. The molecule has 0 bridgehead atoms. The molecule has 0 aliphatic carbocycles. The molecule has 5 nitrogen and oxygen atoms in total. The number of halogens is 1. The molecule has 0 saturated heterocycles. The highest BCUT2D eigenvalue weighted by Crippen LogP contribution is 2.11. The molecule has 6 heteroatoms. The van der Waals surface area contributed by atoms with E-state index < -0.39 is 0 Å². The smallest absolute Gasteiger partial charge is 0.191 e. The molecule has 0 aliphatic heterocycles. The normalized spacial score (nSPS) is 12.1. The zero-order chi connectivity index (χ0) is 15.7. The fraction of sp³-hybridized carbons (Fsp3) is 0.533. The maximum Gasteiger partial charge on any atom is 0.191 e. The minimum absolute atomic E-state index is 0.268. The van der Waals surface area contributed by atoms with E-state index in [1.165, 1.54) is 12.1 Å². The highest BCUT2D eigenvalue weighted by molar-refractivity contribution is 5.79. The van der Waals surface area contributed by atoms with E-state index in [2.05, 4.69) is 15.6 Å². The quantitative estimate of drug-likeness (QED) is 0.458. The van der Waals surface area contributed by atoms with Crippen LogP contribution in [0.4, 0.5) is 4.39 Å². The van der Waals surface area contributed by atoms with Crippen molar-refractivity contribution in [1.82, 2.24) is 10.6 Å². The van der Waals surface area contributed by atoms with Gasteiger partial charge in [-0.3, -0.25) is 4.99 Å². The minimum Gasteiger partial charge on any atom is -0.492 e. The van der Waals surface area contributed by atoms with Crippen molar-refractivity contribution in [3.05, 3.63) is 30.1 Å². The molecule has 0 unspecified atom stereocenters. The van der Waals surface area contributed by atoms with Gasteiger partial charge in [0.25, 0.3) is 0 Å². The number of hydrogen-bond donors (Lipinski definition) is 2. The highest BCUT2D eigenvalue weighted by atomic mass is 19.1. The molecule has 0 heterocycles. The van der Waals surface area contributed by atoms with E-state index >= 15 is 0 Å². The number of benzene rings is 1. The molecule has 21 heavy (non-hydrogen) atoms. The molecule has 118 valence electrons. The maximum absolute atomic E-state index is 13.0. The van der Waals surface area contributed by atoms with Crippen molar-refractivity contribution < 1.29 is 13.9 Å². The van der Waals surface area contributed by atoms with Crippen LogP contribution in [0.2, 0.25) is 0 Å². The molecule has 2 N–H and O–H groups in total. The first-order chi connectivity index (χ1) is 9.96. The summed E-state index contributed by atoms with van der Waals surface area (Å²) in [6, 6.07) is 6.07. The van der Waals surface area contributed by atoms with Crippen LogP contribution in [0, 0.1) is 5.82 Å². The number of hydrogen-bond acceptors (Lipinski definition) is 3. The fourth-order valence-electron chi connectivity index (χ4n) is 1.48. The van der Waals surface area contributed by atoms with Gasteiger partial charge in [0.15, 0.2) is 5.96 Å². The van der Waals surface area contributed by atoms with Crippen LogP contribution < -0.4 is 15.4 Å². The molecule has 0 saturated carbocycles. The summed E-state index contributed by atoms with van der Waals surface area (Å²) in [5, 5.41) is 6.28. The molecule has 0 spiro atoms. The van der Waals surface area contributed by atoms with Crippen molar-refractivity contribution in [1.29, 1.82) is 0 Å². The van der Waals surface area contributed by atoms with E-state index in [4.69, 9.17) is 9.47 Å². The number of ether oxygens (including phenoxy) is 2. The van der Waals surface area contributed by atoms with Crippen LogP contribution in [-0.4, -0.2) is 45.4 Å². The predicted octanol–water partition coefficient (Wildman–Crippen LogP) is 1.79. The maximum atomic E-state index is 13.0. The van der Waals surface area contributed by atoms with Gasteiger partial charge < -0.3 is 20.1 Å². The molecule has 0 amide bonds. The molecule has 0 radical (unpaired) electrons. The summed E-state index contributed by atoms with van der Waals surface area (Å²) in [4.78, 5) is 4.11. The molecule has 1 aromatic carbocycles. The topological polar surface area (TPSA) is 54.9 Å². The van der Waals surface area contributed by atoms with Gasteiger partial charge in [-0.1, -0.05) is 6.07 Å². The van der Waals surface area contributed by atoms with Gasteiger partial charge in [-0.15, -0.1) is 0 Å². The second kappa shape index (κ2) is 8.46. The summed E-state index contributed by atoms with van der Waals surface area (Å²) in [5.41, 5.74) is -0.268. The van der Waals surface area contributed by atoms with Crippen LogP contribution in [0.1, 0.15) is 13.8 Å². The van der Waals surface area contributed by atoms with Gasteiger partial charge in [-0.05, 0) is 26.0 Å². The number of methoxy groups -OCH3 is 1. The first kappa shape index (κ1) is 17.2. The molecule has 0 aromatic heterocycles. The largest absolute Gasteiger partial charge is 0.492 e. The van der Waals surface area contributed by atoms with E-state index in [1.54, 1.807) is 26.3 Å². The second-order valence-electron chi connectivity index (χ2n) is 5.12. The van der Waals surface area contributed by atoms with Crippen molar-refractivity contribution in [2.24, 2.45) is 4.99 Å². The van der Waals surface area contributed by atoms with E-state index in [-0.39, 0.29) is 11.4 Å². The Morgan fingerprint density at radius 3 is 2.71 bits per heavy atom. The van der Waals surface area contributed by atoms with Gasteiger partial charge in [0.2, 0.25) is 0 Å². The lowest BCUT2D eigenvalue weighted by Gasteiger charge is -2.24. The van der Waals surface area contributed by atoms with Gasteiger partial charge in [0.1, 0.15) is 18.2 Å². The van der Waals surface area contributed by atoms with E-state index in [9.17, 15) is 4.39 Å². The van der Waals surface area contributed by atoms with Crippen LogP contribution in [0.3, 0.4) is 0 Å². The lowest BCUT2D eigenvalue weighted by atomic mass is 10.1. The monoisotopic (exact) mass is 297 g/mol. The summed E-state index contributed by atoms with van der Waals surface area (Å²) in [6.07, 6.45) is 0. The van der Waals surface area contributed by atoms with Gasteiger partial charge >= 0.3 is 0 Å². The van der Waals surface area contributed by atoms with Crippen molar-refractivity contribution in [3.63, 3.8) is 0 Å². The summed E-state index contributed by atoms with van der Waals surface area (Å²) in [6.45, 7) is 5.58. The average molecular weight is 297 g/mol. The molecular formula is C15H24FN3O2. The van der Waals surface area contributed by atoms with Crippen molar-refractivity contribution >= 4 is 5.96 Å². The van der Waals surface area contributed by atoms with Gasteiger partial charge in [-0.2, -0.15) is 0 Å². The lowest BCUT2D eigenvalue weighted by Crippen LogP contribution is -2.46. The first-order valence-electron chi connectivity index (χ1n) is 6.85. The van der Waals surface area contributed by atoms with Crippen LogP contribution in [0.15, 0.2) is 29.3 Å². The van der Waals surface area contributed by atoms with Crippen molar-refractivity contribution in [2.75, 3.05) is 33.9 Å². The Balaban J connectivity index is 2.27. The zero-order valence-electron chi connectivity index (χ0n) is 13.1. The third-order valence-corrected chi connectivity index (χ3v) is 2.92. The van der Waals surface area contributed by atoms with Crippen LogP contribution in [0.25, 0.3) is 0 Å². The number of rotatable bonds is 7. The molecule has 0 atom stereocenters. The summed E-state index contributed by atoms with van der Waals surface area (Å²) in [5.74, 6) is 0.878. The highest BCUT2D eigenvalue weighted by Gasteiger charge is 2.16. The molecule has 1 rings (SSSR count). The predicted molar refractivity (Wildman–Crippen MR) is 82.3 cm³/mol. The van der Waals surface area contributed by atoms with Crippen molar-refractivity contribution in [2.45, 2.75) is 19.4 Å². The Hall–Kier alpha value is -1.82. The Kier molecular flexibility index (Phi) is 6.94. The van der Waals surface area contributed by atoms with E-state index in [1.807, 2.05) is 13.8 Å².